The molecule has 0 nitrogen and oxygen atoms in total. The van der Waals surface area contributed by atoms with Gasteiger partial charge in [0.1, 0.15) is 0 Å². The number of rotatable bonds is 0. The smallest absolute Gasteiger partial charge is 0.0297 e. The van der Waals surface area contributed by atoms with E-state index in [1.54, 1.807) is 25.7 Å². The third-order valence-corrected chi connectivity index (χ3v) is 5.03. The van der Waals surface area contributed by atoms with E-state index in [1.165, 1.54) is 70.6 Å². The van der Waals surface area contributed by atoms with Crippen molar-refractivity contribution in [1.29, 1.82) is 0 Å². The van der Waals surface area contributed by atoms with Crippen LogP contribution >= 0.6 is 0 Å². The van der Waals surface area contributed by atoms with E-state index >= 15 is 0 Å². The first-order valence-electron chi connectivity index (χ1n) is 8.56. The molecule has 0 saturated heterocycles. The van der Waals surface area contributed by atoms with Crippen LogP contribution in [0.3, 0.4) is 0 Å². The van der Waals surface area contributed by atoms with E-state index in [4.69, 9.17) is 0 Å². The van der Waals surface area contributed by atoms with Crippen molar-refractivity contribution < 1.29 is 0 Å². The Kier molecular flexibility index (Phi) is 6.31. The van der Waals surface area contributed by atoms with Crippen LogP contribution in [0.2, 0.25) is 0 Å². The molecule has 0 unspecified atom stereocenters. The first-order chi connectivity index (χ1) is 8.91. The molecule has 0 aromatic carbocycles. The molecule has 0 N–H and O–H groups in total. The zero-order valence-electron chi connectivity index (χ0n) is 12.3. The van der Waals surface area contributed by atoms with Crippen molar-refractivity contribution in [2.45, 2.75) is 96.3 Å². The number of allylic oxidation sites excluding steroid dienone is 2. The van der Waals surface area contributed by atoms with Gasteiger partial charge in [0.25, 0.3) is 0 Å². The van der Waals surface area contributed by atoms with E-state index in [-0.39, 0.29) is 0 Å². The van der Waals surface area contributed by atoms with Gasteiger partial charge < -0.3 is 0 Å². The summed E-state index contributed by atoms with van der Waals surface area (Å²) in [5.41, 5.74) is 0.844. The normalized spacial score (nSPS) is 27.1. The van der Waals surface area contributed by atoms with Gasteiger partial charge in [-0.3, -0.25) is 0 Å². The Labute approximate surface area is 114 Å². The van der Waals surface area contributed by atoms with Crippen LogP contribution in [0.1, 0.15) is 96.3 Å². The van der Waals surface area contributed by atoms with Gasteiger partial charge in [-0.2, -0.15) is 0 Å². The van der Waals surface area contributed by atoms with E-state index in [9.17, 15) is 0 Å². The fourth-order valence-electron chi connectivity index (χ4n) is 3.45. The highest BCUT2D eigenvalue weighted by molar-refractivity contribution is 4.92. The van der Waals surface area contributed by atoms with Crippen molar-refractivity contribution in [2.24, 2.45) is 5.41 Å². The van der Waals surface area contributed by atoms with Crippen LogP contribution in [-0.4, -0.2) is 0 Å². The maximum atomic E-state index is 2.42. The van der Waals surface area contributed by atoms with Crippen LogP contribution < -0.4 is 0 Å². The summed E-state index contributed by atoms with van der Waals surface area (Å²) in [5.74, 6) is 0. The largest absolute Gasteiger partial charge is 0.0885 e. The SMILES string of the molecule is C1=CCCCCCCC2(CCCCCCC1)CC2. The molecule has 1 spiro atoms. The first-order valence-corrected chi connectivity index (χ1v) is 8.56. The second-order valence-corrected chi connectivity index (χ2v) is 6.73. The lowest BCUT2D eigenvalue weighted by atomic mass is 9.91. The van der Waals surface area contributed by atoms with Crippen molar-refractivity contribution in [1.82, 2.24) is 0 Å². The lowest BCUT2D eigenvalue weighted by molar-refractivity contribution is 0.383. The van der Waals surface area contributed by atoms with Gasteiger partial charge in [-0.05, 0) is 56.8 Å². The summed E-state index contributed by atoms with van der Waals surface area (Å²) in [5, 5.41) is 0. The second-order valence-electron chi connectivity index (χ2n) is 6.73. The van der Waals surface area contributed by atoms with Crippen LogP contribution in [0, 0.1) is 5.41 Å². The van der Waals surface area contributed by atoms with Gasteiger partial charge in [-0.15, -0.1) is 0 Å². The Hall–Kier alpha value is -0.260. The molecule has 2 aliphatic rings. The van der Waals surface area contributed by atoms with Crippen molar-refractivity contribution in [3.63, 3.8) is 0 Å². The number of hydrogen-bond acceptors (Lipinski definition) is 0. The number of hydrogen-bond donors (Lipinski definition) is 0. The monoisotopic (exact) mass is 248 g/mol. The Morgan fingerprint density at radius 2 is 0.889 bits per heavy atom. The molecule has 1 saturated carbocycles. The van der Waals surface area contributed by atoms with Crippen molar-refractivity contribution >= 4 is 0 Å². The van der Waals surface area contributed by atoms with Crippen molar-refractivity contribution in [2.75, 3.05) is 0 Å². The quantitative estimate of drug-likeness (QED) is 0.435. The summed E-state index contributed by atoms with van der Waals surface area (Å²) in [7, 11) is 0. The molecule has 18 heavy (non-hydrogen) atoms. The van der Waals surface area contributed by atoms with E-state index in [0.717, 1.165) is 5.41 Å². The fourth-order valence-corrected chi connectivity index (χ4v) is 3.45. The molecule has 0 heterocycles. The fraction of sp³-hybridized carbons (Fsp3) is 0.889. The molecule has 0 amide bonds. The molecule has 2 aliphatic carbocycles. The van der Waals surface area contributed by atoms with E-state index < -0.39 is 0 Å². The highest BCUT2D eigenvalue weighted by Crippen LogP contribution is 2.53. The highest BCUT2D eigenvalue weighted by atomic mass is 14.5. The van der Waals surface area contributed by atoms with Crippen LogP contribution in [-0.2, 0) is 0 Å². The molecule has 0 aliphatic heterocycles. The molecule has 0 aromatic heterocycles. The third kappa shape index (κ3) is 5.59. The molecule has 0 atom stereocenters. The van der Waals surface area contributed by atoms with E-state index in [2.05, 4.69) is 12.2 Å². The minimum Gasteiger partial charge on any atom is -0.0885 e. The molecule has 0 bridgehead atoms. The Balaban J connectivity index is 1.67. The van der Waals surface area contributed by atoms with Crippen LogP contribution in [0.4, 0.5) is 0 Å². The van der Waals surface area contributed by atoms with Gasteiger partial charge >= 0.3 is 0 Å². The summed E-state index contributed by atoms with van der Waals surface area (Å²) in [6, 6.07) is 0. The summed E-state index contributed by atoms with van der Waals surface area (Å²) < 4.78 is 0. The lowest BCUT2D eigenvalue weighted by Gasteiger charge is -2.14. The van der Waals surface area contributed by atoms with Gasteiger partial charge in [-0.1, -0.05) is 57.1 Å². The minimum atomic E-state index is 0.844. The second kappa shape index (κ2) is 8.02. The minimum absolute atomic E-state index is 0.844. The maximum Gasteiger partial charge on any atom is -0.0297 e. The summed E-state index contributed by atoms with van der Waals surface area (Å²) in [6.07, 6.45) is 26.9. The van der Waals surface area contributed by atoms with Gasteiger partial charge in [0.2, 0.25) is 0 Å². The molecule has 0 radical (unpaired) electrons. The van der Waals surface area contributed by atoms with Crippen molar-refractivity contribution in [3.05, 3.63) is 12.2 Å². The molecule has 0 heteroatoms. The molecule has 2 rings (SSSR count). The zero-order valence-corrected chi connectivity index (χ0v) is 12.3. The molecular weight excluding hydrogens is 216 g/mol. The van der Waals surface area contributed by atoms with Gasteiger partial charge in [0.15, 0.2) is 0 Å². The summed E-state index contributed by atoms with van der Waals surface area (Å²) in [6.45, 7) is 0. The van der Waals surface area contributed by atoms with Crippen LogP contribution in [0.5, 0.6) is 0 Å². The molecule has 1 fully saturated rings. The summed E-state index contributed by atoms with van der Waals surface area (Å²) in [4.78, 5) is 0. The molecular formula is C18H32. The van der Waals surface area contributed by atoms with Gasteiger partial charge in [-0.25, -0.2) is 0 Å². The Bertz CT molecular complexity index is 234. The average Bonchev–Trinajstić information content (AvgIpc) is 3.13. The van der Waals surface area contributed by atoms with E-state index in [1.807, 2.05) is 0 Å². The standard InChI is InChI=1S/C18H32/c1-2-4-6-8-10-12-14-18(16-17-18)15-13-11-9-7-5-3-1/h1-2H,3-17H2. The van der Waals surface area contributed by atoms with Crippen LogP contribution in [0.15, 0.2) is 12.2 Å². The average molecular weight is 248 g/mol. The van der Waals surface area contributed by atoms with Gasteiger partial charge in [0.05, 0.1) is 0 Å². The molecule has 0 aromatic rings. The first kappa shape index (κ1) is 14.2. The van der Waals surface area contributed by atoms with E-state index in [0.29, 0.717) is 0 Å². The maximum absolute atomic E-state index is 2.42. The topological polar surface area (TPSA) is 0 Å². The van der Waals surface area contributed by atoms with Crippen molar-refractivity contribution in [3.8, 4) is 0 Å². The zero-order chi connectivity index (χ0) is 12.5. The van der Waals surface area contributed by atoms with Gasteiger partial charge in [0, 0.05) is 0 Å². The van der Waals surface area contributed by atoms with Crippen LogP contribution in [0.25, 0.3) is 0 Å². The predicted octanol–water partition coefficient (Wildman–Crippen LogP) is 6.41. The third-order valence-electron chi connectivity index (χ3n) is 5.03. The Morgan fingerprint density at radius 3 is 1.39 bits per heavy atom. The Morgan fingerprint density at radius 1 is 0.444 bits per heavy atom. The highest BCUT2D eigenvalue weighted by Gasteiger charge is 2.40. The molecule has 104 valence electrons. The lowest BCUT2D eigenvalue weighted by Crippen LogP contribution is -2.00. The predicted molar refractivity (Wildman–Crippen MR) is 80.8 cm³/mol. The summed E-state index contributed by atoms with van der Waals surface area (Å²) >= 11 is 0.